The summed E-state index contributed by atoms with van der Waals surface area (Å²) in [6, 6.07) is 10.2. The van der Waals surface area contributed by atoms with Crippen molar-refractivity contribution in [3.05, 3.63) is 65.0 Å². The zero-order valence-corrected chi connectivity index (χ0v) is 28.1. The van der Waals surface area contributed by atoms with Crippen LogP contribution in [0.3, 0.4) is 0 Å². The Labute approximate surface area is 264 Å². The molecule has 0 bridgehead atoms. The molecular weight excluding hydrogens is 542 g/mol. The third-order valence-corrected chi connectivity index (χ3v) is 14.8. The van der Waals surface area contributed by atoms with Crippen LogP contribution in [-0.4, -0.2) is 15.9 Å². The van der Waals surface area contributed by atoms with E-state index >= 15 is 0 Å². The number of carbonyl (C=O) groups is 1. The van der Waals surface area contributed by atoms with Gasteiger partial charge in [0.25, 0.3) is 0 Å². The Morgan fingerprint density at radius 2 is 1.73 bits per heavy atom. The summed E-state index contributed by atoms with van der Waals surface area (Å²) in [6.45, 7) is 17.8. The van der Waals surface area contributed by atoms with E-state index in [0.717, 1.165) is 49.8 Å². The third kappa shape index (κ3) is 3.92. The van der Waals surface area contributed by atoms with Gasteiger partial charge in [-0.25, -0.2) is 9.97 Å². The number of nitrogens with two attached hydrogens (primary N) is 1. The summed E-state index contributed by atoms with van der Waals surface area (Å²) in [6.07, 6.45) is 13.2. The fraction of sp³-hybridized carbons (Fsp3) is 0.667. The quantitative estimate of drug-likeness (QED) is 0.284. The molecule has 3 fully saturated rings. The van der Waals surface area contributed by atoms with Gasteiger partial charge in [-0.3, -0.25) is 4.79 Å². The van der Waals surface area contributed by atoms with Crippen LogP contribution in [0, 0.1) is 51.2 Å². The summed E-state index contributed by atoms with van der Waals surface area (Å²) < 4.78 is 6.22. The monoisotopic (exact) mass is 595 g/mol. The van der Waals surface area contributed by atoms with Gasteiger partial charge < -0.3 is 10.5 Å². The Hall–Kier alpha value is -2.69. The van der Waals surface area contributed by atoms with Gasteiger partial charge in [0.05, 0.1) is 11.1 Å². The summed E-state index contributed by atoms with van der Waals surface area (Å²) in [7, 11) is 0. The molecule has 9 atom stereocenters. The Bertz CT molecular complexity index is 1500. The van der Waals surface area contributed by atoms with Gasteiger partial charge in [-0.05, 0) is 108 Å². The van der Waals surface area contributed by atoms with E-state index in [1.54, 1.807) is 5.57 Å². The van der Waals surface area contributed by atoms with Crippen LogP contribution in [0.1, 0.15) is 110 Å². The number of aromatic nitrogens is 2. The van der Waals surface area contributed by atoms with E-state index in [1.807, 2.05) is 24.4 Å². The number of allylic oxidation sites excluding steroid dienone is 2. The Morgan fingerprint density at radius 3 is 2.48 bits per heavy atom. The van der Waals surface area contributed by atoms with Gasteiger partial charge in [-0.15, -0.1) is 0 Å². The van der Waals surface area contributed by atoms with Crippen LogP contribution in [0.2, 0.25) is 0 Å². The molecule has 44 heavy (non-hydrogen) atoms. The van der Waals surface area contributed by atoms with Crippen molar-refractivity contribution >= 4 is 11.9 Å². The number of hydrogen-bond acceptors (Lipinski definition) is 5. The van der Waals surface area contributed by atoms with Gasteiger partial charge in [0.2, 0.25) is 5.95 Å². The lowest BCUT2D eigenvalue weighted by Gasteiger charge is -2.70. The highest BCUT2D eigenvalue weighted by atomic mass is 16.5. The van der Waals surface area contributed by atoms with Crippen LogP contribution in [0.15, 0.2) is 48.2 Å². The summed E-state index contributed by atoms with van der Waals surface area (Å²) in [5, 5.41) is 0. The fourth-order valence-electron chi connectivity index (χ4n) is 12.2. The number of nitrogens with zero attached hydrogens (tertiary/aromatic N) is 2. The second-order valence-electron chi connectivity index (χ2n) is 16.9. The molecule has 0 saturated heterocycles. The van der Waals surface area contributed by atoms with Crippen LogP contribution < -0.4 is 5.73 Å². The van der Waals surface area contributed by atoms with Gasteiger partial charge in [0.15, 0.2) is 0 Å². The molecule has 7 rings (SSSR count). The summed E-state index contributed by atoms with van der Waals surface area (Å²) in [5.74, 6) is 2.83. The van der Waals surface area contributed by atoms with E-state index in [9.17, 15) is 4.79 Å². The summed E-state index contributed by atoms with van der Waals surface area (Å²) in [4.78, 5) is 23.6. The molecule has 2 aromatic rings. The molecule has 1 aromatic heterocycles. The molecule has 3 saturated carbocycles. The van der Waals surface area contributed by atoms with Crippen molar-refractivity contribution < 1.29 is 9.53 Å². The molecule has 236 valence electrons. The molecule has 0 aliphatic heterocycles. The van der Waals surface area contributed by atoms with Crippen LogP contribution in [0.4, 0.5) is 5.95 Å². The minimum Gasteiger partial charge on any atom is -0.460 e. The molecule has 5 heteroatoms. The number of benzene rings is 1. The molecule has 5 aliphatic carbocycles. The van der Waals surface area contributed by atoms with Gasteiger partial charge >= 0.3 is 5.97 Å². The highest BCUT2D eigenvalue weighted by Gasteiger charge is 2.69. The predicted molar refractivity (Wildman–Crippen MR) is 175 cm³/mol. The lowest BCUT2D eigenvalue weighted by atomic mass is 9.33. The van der Waals surface area contributed by atoms with Crippen molar-refractivity contribution in [2.24, 2.45) is 51.2 Å². The van der Waals surface area contributed by atoms with E-state index in [-0.39, 0.29) is 33.5 Å². The minimum atomic E-state index is -0.417. The van der Waals surface area contributed by atoms with E-state index in [4.69, 9.17) is 15.5 Å². The SMILES string of the molecule is C[C@H]1[C@H](C)CC[C@]2(C(=O)OCc3ccccc3)CC[C@]3(C)C(=CC[C@@H]4[C@@]5(C)Cc6cnc(N)nc6C(C)(C)[C@@H]5CC[C@]43C)[C@H]12. The number of fused-ring (bicyclic) bond motifs is 8. The number of esters is 1. The maximum absolute atomic E-state index is 14.3. The van der Waals surface area contributed by atoms with Crippen LogP contribution in [0.25, 0.3) is 0 Å². The number of carbonyl (C=O) groups excluding carboxylic acids is 1. The molecule has 0 unspecified atom stereocenters. The predicted octanol–water partition coefficient (Wildman–Crippen LogP) is 8.47. The second-order valence-corrected chi connectivity index (χ2v) is 16.9. The minimum absolute atomic E-state index is 0.0425. The first-order chi connectivity index (χ1) is 20.8. The molecular formula is C39H53N3O2. The molecule has 5 aliphatic rings. The van der Waals surface area contributed by atoms with Gasteiger partial charge in [-0.2, -0.15) is 0 Å². The first-order valence-electron chi connectivity index (χ1n) is 17.3. The molecule has 0 spiro atoms. The average molecular weight is 596 g/mol. The summed E-state index contributed by atoms with van der Waals surface area (Å²) in [5.41, 5.74) is 11.1. The molecule has 2 N–H and O–H groups in total. The largest absolute Gasteiger partial charge is 0.460 e. The zero-order chi connectivity index (χ0) is 31.3. The van der Waals surface area contributed by atoms with Gasteiger partial charge in [0.1, 0.15) is 6.61 Å². The van der Waals surface area contributed by atoms with E-state index in [1.165, 1.54) is 18.4 Å². The third-order valence-electron chi connectivity index (χ3n) is 14.8. The lowest BCUT2D eigenvalue weighted by Crippen LogP contribution is -2.65. The first kappa shape index (κ1) is 30.0. The standard InChI is InChI=1S/C39H53N3O2/c1-24-15-18-39(33(43)44-23-26-11-9-8-10-12-26)20-19-37(6)28(31(39)25(24)2)13-14-30-36(5)21-27-22-41-34(40)42-32(27)35(3,4)29(36)16-17-38(30,37)7/h8-13,22,24-25,29-31H,14-21,23H2,1-7H3,(H2,40,41,42)/t24-,25+,29+,30-,31+,36+,37-,38-,39+/m1/s1. The molecule has 0 amide bonds. The number of ether oxygens (including phenoxy) is 1. The Balaban J connectivity index is 1.27. The number of hydrogen-bond donors (Lipinski definition) is 1. The van der Waals surface area contributed by atoms with Crippen LogP contribution >= 0.6 is 0 Å². The topological polar surface area (TPSA) is 78.1 Å². The van der Waals surface area contributed by atoms with Crippen molar-refractivity contribution in [2.45, 2.75) is 112 Å². The van der Waals surface area contributed by atoms with E-state index in [0.29, 0.717) is 36.2 Å². The smallest absolute Gasteiger partial charge is 0.313 e. The molecule has 5 nitrogen and oxygen atoms in total. The second kappa shape index (κ2) is 9.90. The highest BCUT2D eigenvalue weighted by molar-refractivity contribution is 5.79. The lowest BCUT2D eigenvalue weighted by molar-refractivity contribution is -0.184. The molecule has 0 radical (unpaired) electrons. The van der Waals surface area contributed by atoms with Crippen molar-refractivity contribution in [3.8, 4) is 0 Å². The highest BCUT2D eigenvalue weighted by Crippen LogP contribution is 2.75. The normalized spacial score (nSPS) is 42.0. The maximum Gasteiger partial charge on any atom is 0.313 e. The Morgan fingerprint density at radius 1 is 0.977 bits per heavy atom. The van der Waals surface area contributed by atoms with Crippen LogP contribution in [0.5, 0.6) is 0 Å². The van der Waals surface area contributed by atoms with Crippen molar-refractivity contribution in [1.82, 2.24) is 9.97 Å². The summed E-state index contributed by atoms with van der Waals surface area (Å²) >= 11 is 0. The van der Waals surface area contributed by atoms with E-state index < -0.39 is 5.41 Å². The number of nitrogen functional groups attached to an aromatic ring is 1. The number of rotatable bonds is 3. The number of anilines is 1. The van der Waals surface area contributed by atoms with Crippen molar-refractivity contribution in [2.75, 3.05) is 5.73 Å². The van der Waals surface area contributed by atoms with E-state index in [2.05, 4.69) is 71.7 Å². The zero-order valence-electron chi connectivity index (χ0n) is 28.1. The van der Waals surface area contributed by atoms with Gasteiger partial charge in [-0.1, -0.05) is 90.4 Å². The molecule has 1 heterocycles. The van der Waals surface area contributed by atoms with Crippen molar-refractivity contribution in [3.63, 3.8) is 0 Å². The molecule has 1 aromatic carbocycles. The first-order valence-corrected chi connectivity index (χ1v) is 17.3. The fourth-order valence-corrected chi connectivity index (χ4v) is 12.2. The Kier molecular flexibility index (Phi) is 6.75. The van der Waals surface area contributed by atoms with Crippen LogP contribution in [-0.2, 0) is 28.0 Å². The van der Waals surface area contributed by atoms with Crippen molar-refractivity contribution in [1.29, 1.82) is 0 Å². The van der Waals surface area contributed by atoms with Gasteiger partial charge in [0, 0.05) is 11.6 Å². The average Bonchev–Trinajstić information content (AvgIpc) is 2.99. The maximum atomic E-state index is 14.3.